The summed E-state index contributed by atoms with van der Waals surface area (Å²) < 4.78 is 0. The fourth-order valence-electron chi connectivity index (χ4n) is 2.31. The van der Waals surface area contributed by atoms with Crippen molar-refractivity contribution in [2.45, 2.75) is 25.7 Å². The zero-order valence-corrected chi connectivity index (χ0v) is 10.6. The van der Waals surface area contributed by atoms with Crippen LogP contribution in [0.25, 0.3) is 0 Å². The molecule has 1 fully saturated rings. The van der Waals surface area contributed by atoms with Gasteiger partial charge in [0.1, 0.15) is 6.61 Å². The number of amides is 1. The third kappa shape index (κ3) is 3.47. The summed E-state index contributed by atoms with van der Waals surface area (Å²) in [5.74, 6) is -0.372. The number of anilines is 2. The van der Waals surface area contributed by atoms with Crippen LogP contribution in [0, 0.1) is 0 Å². The van der Waals surface area contributed by atoms with Crippen LogP contribution in [0.1, 0.15) is 25.7 Å². The summed E-state index contributed by atoms with van der Waals surface area (Å²) in [5.41, 5.74) is 1.89. The molecule has 2 N–H and O–H groups in total. The van der Waals surface area contributed by atoms with Crippen LogP contribution in [0.15, 0.2) is 24.3 Å². The quantitative estimate of drug-likeness (QED) is 0.860. The molecule has 0 bridgehead atoms. The number of aliphatic hydroxyl groups is 1. The number of benzene rings is 1. The molecule has 0 radical (unpaired) electrons. The van der Waals surface area contributed by atoms with Crippen LogP contribution in [0.3, 0.4) is 0 Å². The normalized spacial score (nSPS) is 16.2. The summed E-state index contributed by atoms with van der Waals surface area (Å²) in [7, 11) is 0. The number of nitrogens with zero attached hydrogens (tertiary/aromatic N) is 1. The molecular formula is C14H20N2O2. The lowest BCUT2D eigenvalue weighted by Gasteiger charge is -2.23. The van der Waals surface area contributed by atoms with Crippen molar-refractivity contribution in [3.8, 4) is 0 Å². The monoisotopic (exact) mass is 248 g/mol. The van der Waals surface area contributed by atoms with E-state index in [9.17, 15) is 4.79 Å². The van der Waals surface area contributed by atoms with Gasteiger partial charge in [-0.05, 0) is 31.0 Å². The summed E-state index contributed by atoms with van der Waals surface area (Å²) >= 11 is 0. The Bertz CT molecular complexity index is 399. The van der Waals surface area contributed by atoms with E-state index in [1.807, 2.05) is 18.2 Å². The third-order valence-electron chi connectivity index (χ3n) is 3.24. The van der Waals surface area contributed by atoms with E-state index in [2.05, 4.69) is 16.3 Å². The Morgan fingerprint density at radius 3 is 2.61 bits per heavy atom. The van der Waals surface area contributed by atoms with Gasteiger partial charge in [0.15, 0.2) is 0 Å². The Balaban J connectivity index is 2.07. The molecule has 2 rings (SSSR count). The van der Waals surface area contributed by atoms with Gasteiger partial charge in [0, 0.05) is 24.5 Å². The molecule has 1 amide bonds. The number of carbonyl (C=O) groups excluding carboxylic acids is 1. The predicted octanol–water partition coefficient (Wildman–Crippen LogP) is 2.00. The highest BCUT2D eigenvalue weighted by atomic mass is 16.3. The van der Waals surface area contributed by atoms with Crippen LogP contribution in [0.4, 0.5) is 11.4 Å². The second kappa shape index (κ2) is 6.40. The SMILES string of the molecule is O=C(CO)Nc1cccc(N2CCCCCC2)c1. The van der Waals surface area contributed by atoms with Crippen molar-refractivity contribution in [1.82, 2.24) is 0 Å². The molecule has 1 aromatic carbocycles. The Morgan fingerprint density at radius 2 is 1.94 bits per heavy atom. The first-order valence-corrected chi connectivity index (χ1v) is 6.55. The predicted molar refractivity (Wildman–Crippen MR) is 72.8 cm³/mol. The maximum absolute atomic E-state index is 11.1. The molecule has 4 heteroatoms. The van der Waals surface area contributed by atoms with Crippen molar-refractivity contribution in [2.75, 3.05) is 29.9 Å². The zero-order chi connectivity index (χ0) is 12.8. The smallest absolute Gasteiger partial charge is 0.250 e. The molecular weight excluding hydrogens is 228 g/mol. The van der Waals surface area contributed by atoms with E-state index < -0.39 is 6.61 Å². The van der Waals surface area contributed by atoms with Crippen molar-refractivity contribution >= 4 is 17.3 Å². The third-order valence-corrected chi connectivity index (χ3v) is 3.24. The van der Waals surface area contributed by atoms with E-state index in [1.54, 1.807) is 0 Å². The molecule has 1 aromatic rings. The average Bonchev–Trinajstić information content (AvgIpc) is 2.68. The lowest BCUT2D eigenvalue weighted by molar-refractivity contribution is -0.118. The van der Waals surface area contributed by atoms with Gasteiger partial charge in [0.05, 0.1) is 0 Å². The van der Waals surface area contributed by atoms with Crippen LogP contribution in [-0.4, -0.2) is 30.7 Å². The van der Waals surface area contributed by atoms with Crippen molar-refractivity contribution in [2.24, 2.45) is 0 Å². The van der Waals surface area contributed by atoms with Gasteiger partial charge >= 0.3 is 0 Å². The van der Waals surface area contributed by atoms with Crippen LogP contribution in [-0.2, 0) is 4.79 Å². The zero-order valence-electron chi connectivity index (χ0n) is 10.6. The molecule has 0 aliphatic carbocycles. The van der Waals surface area contributed by atoms with Crippen LogP contribution >= 0.6 is 0 Å². The molecule has 1 aliphatic rings. The molecule has 0 spiro atoms. The lowest BCUT2D eigenvalue weighted by atomic mass is 10.2. The van der Waals surface area contributed by atoms with Crippen LogP contribution < -0.4 is 10.2 Å². The fourth-order valence-corrected chi connectivity index (χ4v) is 2.31. The highest BCUT2D eigenvalue weighted by Crippen LogP contribution is 2.22. The molecule has 98 valence electrons. The summed E-state index contributed by atoms with van der Waals surface area (Å²) in [4.78, 5) is 13.5. The van der Waals surface area contributed by atoms with Gasteiger partial charge in [-0.3, -0.25) is 4.79 Å². The Hall–Kier alpha value is -1.55. The maximum Gasteiger partial charge on any atom is 0.250 e. The van der Waals surface area contributed by atoms with E-state index in [0.717, 1.165) is 24.5 Å². The van der Waals surface area contributed by atoms with Gasteiger partial charge < -0.3 is 15.3 Å². The first-order chi connectivity index (χ1) is 8.79. The van der Waals surface area contributed by atoms with Gasteiger partial charge in [0.25, 0.3) is 0 Å². The van der Waals surface area contributed by atoms with E-state index >= 15 is 0 Å². The second-order valence-electron chi connectivity index (χ2n) is 4.66. The first-order valence-electron chi connectivity index (χ1n) is 6.55. The van der Waals surface area contributed by atoms with E-state index in [0.29, 0.717) is 0 Å². The number of hydrogen-bond acceptors (Lipinski definition) is 3. The highest BCUT2D eigenvalue weighted by molar-refractivity contribution is 5.92. The summed E-state index contributed by atoms with van der Waals surface area (Å²) in [6.07, 6.45) is 5.06. The average molecular weight is 248 g/mol. The second-order valence-corrected chi connectivity index (χ2v) is 4.66. The minimum atomic E-state index is -0.478. The minimum absolute atomic E-state index is 0.372. The fraction of sp³-hybridized carbons (Fsp3) is 0.500. The number of nitrogens with one attached hydrogen (secondary N) is 1. The summed E-state index contributed by atoms with van der Waals surface area (Å²) in [6.45, 7) is 1.68. The summed E-state index contributed by atoms with van der Waals surface area (Å²) in [6, 6.07) is 7.82. The van der Waals surface area contributed by atoms with Gasteiger partial charge in [-0.15, -0.1) is 0 Å². The van der Waals surface area contributed by atoms with Crippen molar-refractivity contribution < 1.29 is 9.90 Å². The Morgan fingerprint density at radius 1 is 1.22 bits per heavy atom. The van der Waals surface area contributed by atoms with Crippen LogP contribution in [0.5, 0.6) is 0 Å². The van der Waals surface area contributed by atoms with Gasteiger partial charge in [-0.1, -0.05) is 18.9 Å². The molecule has 0 saturated carbocycles. The Labute approximate surface area is 108 Å². The van der Waals surface area contributed by atoms with Gasteiger partial charge in [-0.25, -0.2) is 0 Å². The molecule has 1 heterocycles. The van der Waals surface area contributed by atoms with E-state index in [1.165, 1.54) is 25.7 Å². The molecule has 0 unspecified atom stereocenters. The van der Waals surface area contributed by atoms with Crippen molar-refractivity contribution in [3.05, 3.63) is 24.3 Å². The van der Waals surface area contributed by atoms with Gasteiger partial charge in [-0.2, -0.15) is 0 Å². The maximum atomic E-state index is 11.1. The molecule has 1 aliphatic heterocycles. The van der Waals surface area contributed by atoms with Crippen molar-refractivity contribution in [3.63, 3.8) is 0 Å². The topological polar surface area (TPSA) is 52.6 Å². The van der Waals surface area contributed by atoms with E-state index in [4.69, 9.17) is 5.11 Å². The Kier molecular flexibility index (Phi) is 4.59. The van der Waals surface area contributed by atoms with Crippen LogP contribution in [0.2, 0.25) is 0 Å². The van der Waals surface area contributed by atoms with Gasteiger partial charge in [0.2, 0.25) is 5.91 Å². The lowest BCUT2D eigenvalue weighted by Crippen LogP contribution is -2.24. The van der Waals surface area contributed by atoms with E-state index in [-0.39, 0.29) is 5.91 Å². The largest absolute Gasteiger partial charge is 0.387 e. The molecule has 4 nitrogen and oxygen atoms in total. The molecule has 18 heavy (non-hydrogen) atoms. The number of carbonyl (C=O) groups is 1. The highest BCUT2D eigenvalue weighted by Gasteiger charge is 2.10. The minimum Gasteiger partial charge on any atom is -0.387 e. The standard InChI is InChI=1S/C14H20N2O2/c17-11-14(18)15-12-6-5-7-13(10-12)16-8-3-1-2-4-9-16/h5-7,10,17H,1-4,8-9,11H2,(H,15,18). The first kappa shape index (κ1) is 12.9. The summed E-state index contributed by atoms with van der Waals surface area (Å²) in [5, 5.41) is 11.4. The number of hydrogen-bond donors (Lipinski definition) is 2. The molecule has 0 aromatic heterocycles. The molecule has 1 saturated heterocycles. The number of aliphatic hydroxyl groups excluding tert-OH is 1. The molecule has 0 atom stereocenters. The van der Waals surface area contributed by atoms with Crippen molar-refractivity contribution in [1.29, 1.82) is 0 Å². The number of rotatable bonds is 3.